The number of hydrogen-bond acceptors (Lipinski definition) is 4. The molecule has 1 fully saturated rings. The van der Waals surface area contributed by atoms with Gasteiger partial charge in [-0.05, 0) is 25.1 Å². The van der Waals surface area contributed by atoms with E-state index in [4.69, 9.17) is 0 Å². The Hall–Kier alpha value is -2.63. The first-order chi connectivity index (χ1) is 10.6. The molecule has 0 aliphatic carbocycles. The van der Waals surface area contributed by atoms with Crippen molar-refractivity contribution in [2.45, 2.75) is 6.92 Å². The topological polar surface area (TPSA) is 69.3 Å². The second kappa shape index (κ2) is 6.01. The summed E-state index contributed by atoms with van der Waals surface area (Å²) in [5.74, 6) is 0.844. The van der Waals surface area contributed by atoms with Crippen molar-refractivity contribution in [1.82, 2.24) is 14.9 Å². The Bertz CT molecular complexity index is 718. The number of carbonyl (C=O) groups is 1. The molecular weight excluding hydrogens is 280 g/mol. The Morgan fingerprint density at radius 3 is 2.59 bits per heavy atom. The molecule has 0 bridgehead atoms. The quantitative estimate of drug-likeness (QED) is 0.899. The van der Waals surface area contributed by atoms with Gasteiger partial charge in [-0.25, -0.2) is 4.98 Å². The van der Waals surface area contributed by atoms with Crippen molar-refractivity contribution in [2.24, 2.45) is 0 Å². The number of anilines is 1. The Morgan fingerprint density at radius 1 is 1.18 bits per heavy atom. The lowest BCUT2D eigenvalue weighted by atomic mass is 10.2. The third-order valence-corrected chi connectivity index (χ3v) is 3.77. The minimum Gasteiger partial charge on any atom is -0.353 e. The van der Waals surface area contributed by atoms with Crippen LogP contribution in [0.25, 0.3) is 0 Å². The molecule has 6 nitrogen and oxygen atoms in total. The van der Waals surface area contributed by atoms with Gasteiger partial charge in [-0.2, -0.15) is 0 Å². The standard InChI is InChI=1S/C16H18N4O2/c1-12-10-13(11-15(21)18-12)16(22)20-8-6-19(7-9-20)14-4-2-3-5-17-14/h2-5,10-11H,6-9H2,1H3,(H,18,21). The van der Waals surface area contributed by atoms with E-state index in [9.17, 15) is 9.59 Å². The molecule has 1 aliphatic rings. The van der Waals surface area contributed by atoms with Crippen LogP contribution in [0.15, 0.2) is 41.3 Å². The van der Waals surface area contributed by atoms with Gasteiger partial charge < -0.3 is 14.8 Å². The van der Waals surface area contributed by atoms with Gasteiger partial charge in [0.25, 0.3) is 5.91 Å². The van der Waals surface area contributed by atoms with E-state index in [0.717, 1.165) is 18.9 Å². The van der Waals surface area contributed by atoms with Gasteiger partial charge >= 0.3 is 0 Å². The monoisotopic (exact) mass is 298 g/mol. The zero-order chi connectivity index (χ0) is 15.5. The van der Waals surface area contributed by atoms with E-state index in [2.05, 4.69) is 14.9 Å². The van der Waals surface area contributed by atoms with Crippen LogP contribution in [0.2, 0.25) is 0 Å². The molecule has 1 amide bonds. The fraction of sp³-hybridized carbons (Fsp3) is 0.312. The van der Waals surface area contributed by atoms with Gasteiger partial charge in [0.05, 0.1) is 0 Å². The van der Waals surface area contributed by atoms with E-state index in [1.165, 1.54) is 6.07 Å². The summed E-state index contributed by atoms with van der Waals surface area (Å²) >= 11 is 0. The molecule has 3 rings (SSSR count). The third kappa shape index (κ3) is 3.00. The van der Waals surface area contributed by atoms with Crippen molar-refractivity contribution in [2.75, 3.05) is 31.1 Å². The molecule has 2 aromatic rings. The van der Waals surface area contributed by atoms with Crippen LogP contribution in [0.3, 0.4) is 0 Å². The number of hydrogen-bond donors (Lipinski definition) is 1. The normalized spacial score (nSPS) is 15.0. The van der Waals surface area contributed by atoms with Crippen LogP contribution in [-0.4, -0.2) is 47.0 Å². The van der Waals surface area contributed by atoms with Crippen LogP contribution in [0.4, 0.5) is 5.82 Å². The molecule has 0 atom stereocenters. The van der Waals surface area contributed by atoms with Crippen molar-refractivity contribution in [3.8, 4) is 0 Å². The summed E-state index contributed by atoms with van der Waals surface area (Å²) in [5.41, 5.74) is 0.908. The zero-order valence-corrected chi connectivity index (χ0v) is 12.5. The van der Waals surface area contributed by atoms with Crippen molar-refractivity contribution in [1.29, 1.82) is 0 Å². The number of amides is 1. The number of pyridine rings is 2. The summed E-state index contributed by atoms with van der Waals surface area (Å²) in [6.07, 6.45) is 1.77. The highest BCUT2D eigenvalue weighted by atomic mass is 16.2. The molecule has 3 heterocycles. The molecule has 0 aromatic carbocycles. The molecule has 1 N–H and O–H groups in total. The number of carbonyl (C=O) groups excluding carboxylic acids is 1. The van der Waals surface area contributed by atoms with E-state index in [0.29, 0.717) is 24.3 Å². The minimum atomic E-state index is -0.240. The van der Waals surface area contributed by atoms with Crippen LogP contribution < -0.4 is 10.5 Å². The maximum Gasteiger partial charge on any atom is 0.254 e. The van der Waals surface area contributed by atoms with Gasteiger partial charge in [-0.1, -0.05) is 6.07 Å². The number of nitrogens with zero attached hydrogens (tertiary/aromatic N) is 3. The largest absolute Gasteiger partial charge is 0.353 e. The predicted molar refractivity (Wildman–Crippen MR) is 84.2 cm³/mol. The van der Waals surface area contributed by atoms with E-state index in [1.807, 2.05) is 18.2 Å². The maximum atomic E-state index is 12.5. The predicted octanol–water partition coefficient (Wildman–Crippen LogP) is 1.04. The molecule has 6 heteroatoms. The van der Waals surface area contributed by atoms with Crippen molar-refractivity contribution >= 4 is 11.7 Å². The average Bonchev–Trinajstić information content (AvgIpc) is 2.54. The lowest BCUT2D eigenvalue weighted by Gasteiger charge is -2.35. The summed E-state index contributed by atoms with van der Waals surface area (Å²) in [7, 11) is 0. The molecule has 114 valence electrons. The van der Waals surface area contributed by atoms with Gasteiger partial charge in [0.15, 0.2) is 0 Å². The lowest BCUT2D eigenvalue weighted by molar-refractivity contribution is 0.0746. The summed E-state index contributed by atoms with van der Waals surface area (Å²) < 4.78 is 0. The maximum absolute atomic E-state index is 12.5. The number of nitrogens with one attached hydrogen (secondary N) is 1. The molecule has 22 heavy (non-hydrogen) atoms. The Kier molecular flexibility index (Phi) is 3.91. The van der Waals surface area contributed by atoms with Crippen molar-refractivity contribution in [3.63, 3.8) is 0 Å². The molecule has 2 aromatic heterocycles. The van der Waals surface area contributed by atoms with Crippen LogP contribution >= 0.6 is 0 Å². The lowest BCUT2D eigenvalue weighted by Crippen LogP contribution is -2.49. The third-order valence-electron chi connectivity index (χ3n) is 3.77. The van der Waals surface area contributed by atoms with Crippen molar-refractivity contribution in [3.05, 3.63) is 58.1 Å². The first-order valence-electron chi connectivity index (χ1n) is 7.30. The Morgan fingerprint density at radius 2 is 1.95 bits per heavy atom. The number of aryl methyl sites for hydroxylation is 1. The molecule has 0 radical (unpaired) electrons. The molecule has 0 saturated carbocycles. The number of piperazine rings is 1. The van der Waals surface area contributed by atoms with E-state index in [1.54, 1.807) is 24.1 Å². The fourth-order valence-corrected chi connectivity index (χ4v) is 2.67. The SMILES string of the molecule is Cc1cc(C(=O)N2CCN(c3ccccn3)CC2)cc(=O)[nH]1. The van der Waals surface area contributed by atoms with Crippen LogP contribution in [0, 0.1) is 6.92 Å². The highest BCUT2D eigenvalue weighted by Gasteiger charge is 2.23. The highest BCUT2D eigenvalue weighted by molar-refractivity contribution is 5.94. The average molecular weight is 298 g/mol. The Balaban J connectivity index is 1.68. The smallest absolute Gasteiger partial charge is 0.254 e. The first kappa shape index (κ1) is 14.3. The van der Waals surface area contributed by atoms with E-state index >= 15 is 0 Å². The summed E-state index contributed by atoms with van der Waals surface area (Å²) in [5, 5.41) is 0. The molecule has 1 saturated heterocycles. The fourth-order valence-electron chi connectivity index (χ4n) is 2.67. The molecule has 0 spiro atoms. The minimum absolute atomic E-state index is 0.0881. The number of aromatic amines is 1. The van der Waals surface area contributed by atoms with Crippen LogP contribution in [0.1, 0.15) is 16.1 Å². The first-order valence-corrected chi connectivity index (χ1v) is 7.30. The van der Waals surface area contributed by atoms with E-state index < -0.39 is 0 Å². The number of rotatable bonds is 2. The second-order valence-corrected chi connectivity index (χ2v) is 5.38. The number of aromatic nitrogens is 2. The van der Waals surface area contributed by atoms with Crippen molar-refractivity contribution < 1.29 is 4.79 Å². The van der Waals surface area contributed by atoms with Crippen LogP contribution in [0.5, 0.6) is 0 Å². The zero-order valence-electron chi connectivity index (χ0n) is 12.5. The molecule has 1 aliphatic heterocycles. The summed E-state index contributed by atoms with van der Waals surface area (Å²) in [4.78, 5) is 34.9. The molecular formula is C16H18N4O2. The van der Waals surface area contributed by atoms with Gasteiger partial charge in [-0.15, -0.1) is 0 Å². The summed E-state index contributed by atoms with van der Waals surface area (Å²) in [6, 6.07) is 8.89. The highest BCUT2D eigenvalue weighted by Crippen LogP contribution is 2.14. The van der Waals surface area contributed by atoms with E-state index in [-0.39, 0.29) is 11.5 Å². The van der Waals surface area contributed by atoms with Gasteiger partial charge in [0, 0.05) is 49.7 Å². The Labute approximate surface area is 128 Å². The summed E-state index contributed by atoms with van der Waals surface area (Å²) in [6.45, 7) is 4.51. The van der Waals surface area contributed by atoms with Gasteiger partial charge in [0.2, 0.25) is 5.56 Å². The van der Waals surface area contributed by atoms with Gasteiger partial charge in [-0.3, -0.25) is 9.59 Å². The second-order valence-electron chi connectivity index (χ2n) is 5.38. The van der Waals surface area contributed by atoms with Crippen LogP contribution in [-0.2, 0) is 0 Å². The number of H-pyrrole nitrogens is 1. The molecule has 0 unspecified atom stereocenters. The van der Waals surface area contributed by atoms with Gasteiger partial charge in [0.1, 0.15) is 5.82 Å².